The number of hydrogen-bond donors (Lipinski definition) is 2. The minimum absolute atomic E-state index is 0.0928. The molecule has 5 nitrogen and oxygen atoms in total. The Hall–Kier alpha value is -2.08. The van der Waals surface area contributed by atoms with E-state index in [1.54, 1.807) is 6.20 Å². The maximum absolute atomic E-state index is 8.80. The van der Waals surface area contributed by atoms with E-state index < -0.39 is 0 Å². The van der Waals surface area contributed by atoms with Crippen molar-refractivity contribution in [3.63, 3.8) is 0 Å². The van der Waals surface area contributed by atoms with E-state index in [-0.39, 0.29) is 5.84 Å². The molecule has 0 aliphatic rings. The Labute approximate surface area is 109 Å². The number of oxime groups is 1. The summed E-state index contributed by atoms with van der Waals surface area (Å²) in [5.74, 6) is 0.0928. The molecule has 18 heavy (non-hydrogen) atoms. The van der Waals surface area contributed by atoms with Crippen molar-refractivity contribution in [2.45, 2.75) is 16.8 Å². The Balaban J connectivity index is 2.44. The summed E-state index contributed by atoms with van der Waals surface area (Å²) >= 11 is 1.46. The van der Waals surface area contributed by atoms with E-state index in [9.17, 15) is 0 Å². The van der Waals surface area contributed by atoms with Crippen LogP contribution in [-0.4, -0.2) is 21.0 Å². The molecule has 0 amide bonds. The van der Waals surface area contributed by atoms with Gasteiger partial charge in [0, 0.05) is 16.7 Å². The fraction of sp³-hybridized carbons (Fsp3) is 0.0833. The van der Waals surface area contributed by atoms with Crippen molar-refractivity contribution in [3.05, 3.63) is 47.9 Å². The molecule has 0 aliphatic carbocycles. The third-order valence-corrected chi connectivity index (χ3v) is 3.55. The van der Waals surface area contributed by atoms with Crippen LogP contribution in [0.2, 0.25) is 0 Å². The fourth-order valence-corrected chi connectivity index (χ4v) is 2.44. The zero-order valence-electron chi connectivity index (χ0n) is 9.74. The first kappa shape index (κ1) is 12.4. The van der Waals surface area contributed by atoms with Gasteiger partial charge in [0.15, 0.2) is 5.84 Å². The molecular formula is C12H12N4OS. The number of aryl methyl sites for hydroxylation is 1. The van der Waals surface area contributed by atoms with Crippen LogP contribution < -0.4 is 5.73 Å². The first-order chi connectivity index (χ1) is 8.72. The zero-order chi connectivity index (χ0) is 13.0. The van der Waals surface area contributed by atoms with Crippen molar-refractivity contribution in [1.82, 2.24) is 9.97 Å². The summed E-state index contributed by atoms with van der Waals surface area (Å²) in [6, 6.07) is 7.46. The standard InChI is InChI=1S/C12H12N4OS/c1-8-3-2-4-9(12(13)16-17)11(8)18-10-5-6-14-7-15-10/h2-7,17H,1H3,(H2,13,16). The molecule has 0 saturated heterocycles. The second-order valence-electron chi connectivity index (χ2n) is 3.59. The summed E-state index contributed by atoms with van der Waals surface area (Å²) in [5.41, 5.74) is 7.41. The summed E-state index contributed by atoms with van der Waals surface area (Å²) in [5, 5.41) is 12.7. The molecule has 0 saturated carbocycles. The van der Waals surface area contributed by atoms with Crippen LogP contribution in [0.15, 0.2) is 51.9 Å². The summed E-state index contributed by atoms with van der Waals surface area (Å²) in [6.07, 6.45) is 3.17. The van der Waals surface area contributed by atoms with E-state index >= 15 is 0 Å². The van der Waals surface area contributed by atoms with Crippen LogP contribution in [0.3, 0.4) is 0 Å². The van der Waals surface area contributed by atoms with Gasteiger partial charge in [0.25, 0.3) is 0 Å². The monoisotopic (exact) mass is 260 g/mol. The van der Waals surface area contributed by atoms with Crippen LogP contribution in [0, 0.1) is 6.92 Å². The van der Waals surface area contributed by atoms with Crippen molar-refractivity contribution >= 4 is 17.6 Å². The molecule has 92 valence electrons. The average Bonchev–Trinajstić information content (AvgIpc) is 2.41. The molecule has 0 bridgehead atoms. The molecule has 3 N–H and O–H groups in total. The van der Waals surface area contributed by atoms with Crippen LogP contribution in [0.5, 0.6) is 0 Å². The minimum atomic E-state index is 0.0928. The minimum Gasteiger partial charge on any atom is -0.409 e. The Morgan fingerprint density at radius 3 is 2.89 bits per heavy atom. The summed E-state index contributed by atoms with van der Waals surface area (Å²) in [7, 11) is 0. The molecule has 0 spiro atoms. The number of amidine groups is 1. The maximum atomic E-state index is 8.80. The van der Waals surface area contributed by atoms with Crippen molar-refractivity contribution < 1.29 is 5.21 Å². The van der Waals surface area contributed by atoms with E-state index in [4.69, 9.17) is 10.9 Å². The van der Waals surface area contributed by atoms with Gasteiger partial charge in [0.2, 0.25) is 0 Å². The van der Waals surface area contributed by atoms with E-state index in [2.05, 4.69) is 15.1 Å². The molecule has 1 aromatic heterocycles. The van der Waals surface area contributed by atoms with Gasteiger partial charge in [-0.3, -0.25) is 0 Å². The van der Waals surface area contributed by atoms with Gasteiger partial charge in [-0.15, -0.1) is 0 Å². The van der Waals surface area contributed by atoms with Crippen LogP contribution in [0.25, 0.3) is 0 Å². The van der Waals surface area contributed by atoms with Gasteiger partial charge in [-0.25, -0.2) is 9.97 Å². The zero-order valence-corrected chi connectivity index (χ0v) is 10.6. The van der Waals surface area contributed by atoms with Gasteiger partial charge >= 0.3 is 0 Å². The molecule has 2 rings (SSSR count). The Bertz CT molecular complexity index is 572. The van der Waals surface area contributed by atoms with Gasteiger partial charge in [-0.05, 0) is 24.6 Å². The van der Waals surface area contributed by atoms with Crippen molar-refractivity contribution in [2.24, 2.45) is 10.9 Å². The second-order valence-corrected chi connectivity index (χ2v) is 4.62. The molecule has 0 aliphatic heterocycles. The lowest BCUT2D eigenvalue weighted by atomic mass is 10.1. The Kier molecular flexibility index (Phi) is 3.78. The lowest BCUT2D eigenvalue weighted by Crippen LogP contribution is -2.14. The predicted molar refractivity (Wildman–Crippen MR) is 69.8 cm³/mol. The maximum Gasteiger partial charge on any atom is 0.171 e. The predicted octanol–water partition coefficient (Wildman–Crippen LogP) is 2.03. The molecule has 0 unspecified atom stereocenters. The topological polar surface area (TPSA) is 84.4 Å². The lowest BCUT2D eigenvalue weighted by molar-refractivity contribution is 0.318. The molecule has 0 fully saturated rings. The van der Waals surface area contributed by atoms with E-state index in [0.29, 0.717) is 5.56 Å². The highest BCUT2D eigenvalue weighted by Gasteiger charge is 2.11. The third-order valence-electron chi connectivity index (χ3n) is 2.36. The summed E-state index contributed by atoms with van der Waals surface area (Å²) in [4.78, 5) is 8.94. The molecule has 6 heteroatoms. The first-order valence-electron chi connectivity index (χ1n) is 5.23. The largest absolute Gasteiger partial charge is 0.409 e. The number of benzene rings is 1. The van der Waals surface area contributed by atoms with E-state index in [1.165, 1.54) is 18.1 Å². The number of aromatic nitrogens is 2. The van der Waals surface area contributed by atoms with Gasteiger partial charge in [-0.1, -0.05) is 29.1 Å². The quantitative estimate of drug-likeness (QED) is 0.290. The fourth-order valence-electron chi connectivity index (χ4n) is 1.49. The Morgan fingerprint density at radius 2 is 2.22 bits per heavy atom. The van der Waals surface area contributed by atoms with Gasteiger partial charge in [0.05, 0.1) is 0 Å². The highest BCUT2D eigenvalue weighted by atomic mass is 32.2. The molecular weight excluding hydrogens is 248 g/mol. The van der Waals surface area contributed by atoms with E-state index in [1.807, 2.05) is 31.2 Å². The Morgan fingerprint density at radius 1 is 1.39 bits per heavy atom. The van der Waals surface area contributed by atoms with Gasteiger partial charge in [0.1, 0.15) is 11.4 Å². The smallest absolute Gasteiger partial charge is 0.171 e. The van der Waals surface area contributed by atoms with E-state index in [0.717, 1.165) is 15.5 Å². The van der Waals surface area contributed by atoms with Crippen LogP contribution in [0.1, 0.15) is 11.1 Å². The van der Waals surface area contributed by atoms with Crippen LogP contribution >= 0.6 is 11.8 Å². The van der Waals surface area contributed by atoms with Crippen molar-refractivity contribution in [2.75, 3.05) is 0 Å². The normalized spacial score (nSPS) is 11.5. The third kappa shape index (κ3) is 2.60. The molecule has 0 atom stereocenters. The first-order valence-corrected chi connectivity index (χ1v) is 6.05. The molecule has 0 radical (unpaired) electrons. The SMILES string of the molecule is Cc1cccc(/C(N)=N/O)c1Sc1ccncn1. The number of nitrogens with two attached hydrogens (primary N) is 1. The van der Waals surface area contributed by atoms with Crippen LogP contribution in [0.4, 0.5) is 0 Å². The highest BCUT2D eigenvalue weighted by molar-refractivity contribution is 7.99. The van der Waals surface area contributed by atoms with Crippen molar-refractivity contribution in [1.29, 1.82) is 0 Å². The number of nitrogens with zero attached hydrogens (tertiary/aromatic N) is 3. The van der Waals surface area contributed by atoms with Gasteiger partial charge in [-0.2, -0.15) is 0 Å². The average molecular weight is 260 g/mol. The summed E-state index contributed by atoms with van der Waals surface area (Å²) < 4.78 is 0. The van der Waals surface area contributed by atoms with Crippen LogP contribution in [-0.2, 0) is 0 Å². The molecule has 1 heterocycles. The summed E-state index contributed by atoms with van der Waals surface area (Å²) in [6.45, 7) is 1.97. The molecule has 1 aromatic carbocycles. The van der Waals surface area contributed by atoms with Gasteiger partial charge < -0.3 is 10.9 Å². The molecule has 2 aromatic rings. The number of hydrogen-bond acceptors (Lipinski definition) is 5. The lowest BCUT2D eigenvalue weighted by Gasteiger charge is -2.10. The van der Waals surface area contributed by atoms with Crippen molar-refractivity contribution in [3.8, 4) is 0 Å². The second kappa shape index (κ2) is 5.50. The number of rotatable bonds is 3. The highest BCUT2D eigenvalue weighted by Crippen LogP contribution is 2.31.